The summed E-state index contributed by atoms with van der Waals surface area (Å²) in [4.78, 5) is 0.123. The Bertz CT molecular complexity index is 1240. The molecule has 1 saturated heterocycles. The van der Waals surface area contributed by atoms with Crippen molar-refractivity contribution >= 4 is 25.7 Å². The van der Waals surface area contributed by atoms with Gasteiger partial charge in [-0.25, -0.2) is 21.5 Å². The van der Waals surface area contributed by atoms with Gasteiger partial charge in [-0.2, -0.15) is 5.10 Å². The number of rotatable bonds is 6. The predicted octanol–water partition coefficient (Wildman–Crippen LogP) is 3.43. The second-order valence-corrected chi connectivity index (χ2v) is 11.6. The van der Waals surface area contributed by atoms with E-state index >= 15 is 0 Å². The molecule has 1 aromatic carbocycles. The molecular formula is C20H23N3O5S2. The van der Waals surface area contributed by atoms with Gasteiger partial charge < -0.3 is 4.42 Å². The molecule has 3 heterocycles. The monoisotopic (exact) mass is 449 g/mol. The largest absolute Gasteiger partial charge is 0.463 e. The Hall–Kier alpha value is -2.59. The van der Waals surface area contributed by atoms with E-state index in [1.165, 1.54) is 10.9 Å². The van der Waals surface area contributed by atoms with Gasteiger partial charge in [0.25, 0.3) is 10.0 Å². The number of aromatic nitrogens is 2. The van der Waals surface area contributed by atoms with E-state index in [1.54, 1.807) is 42.5 Å². The number of nitrogens with zero attached hydrogens (tertiary/aromatic N) is 2. The average Bonchev–Trinajstić information content (AvgIpc) is 3.41. The third kappa shape index (κ3) is 4.15. The molecule has 1 atom stereocenters. The lowest BCUT2D eigenvalue weighted by molar-refractivity contribution is 0.504. The second kappa shape index (κ2) is 7.59. The minimum atomic E-state index is -3.88. The van der Waals surface area contributed by atoms with Crippen molar-refractivity contribution in [2.24, 2.45) is 0 Å². The third-order valence-corrected chi connectivity index (χ3v) is 8.28. The van der Waals surface area contributed by atoms with Crippen LogP contribution in [-0.4, -0.2) is 38.1 Å². The van der Waals surface area contributed by atoms with Gasteiger partial charge in [0.2, 0.25) is 0 Å². The molecule has 0 radical (unpaired) electrons. The van der Waals surface area contributed by atoms with Gasteiger partial charge in [-0.15, -0.1) is 0 Å². The normalized spacial score (nSPS) is 18.7. The summed E-state index contributed by atoms with van der Waals surface area (Å²) >= 11 is 0. The summed E-state index contributed by atoms with van der Waals surface area (Å²) in [6.45, 7) is 4.07. The molecular weight excluding hydrogens is 426 g/mol. The van der Waals surface area contributed by atoms with Gasteiger partial charge in [0.1, 0.15) is 11.5 Å². The van der Waals surface area contributed by atoms with Crippen molar-refractivity contribution in [3.63, 3.8) is 0 Å². The van der Waals surface area contributed by atoms with E-state index in [0.717, 1.165) is 5.56 Å². The summed E-state index contributed by atoms with van der Waals surface area (Å²) in [5.74, 6) is 0.935. The number of hydrogen-bond donors (Lipinski definition) is 1. The molecule has 0 spiro atoms. The molecule has 1 aliphatic heterocycles. The van der Waals surface area contributed by atoms with Crippen molar-refractivity contribution in [1.82, 2.24) is 9.78 Å². The van der Waals surface area contributed by atoms with E-state index in [-0.39, 0.29) is 28.1 Å². The Labute approximate surface area is 175 Å². The Morgan fingerprint density at radius 2 is 1.93 bits per heavy atom. The van der Waals surface area contributed by atoms with Crippen molar-refractivity contribution in [2.75, 3.05) is 16.2 Å². The van der Waals surface area contributed by atoms with E-state index in [4.69, 9.17) is 4.42 Å². The lowest BCUT2D eigenvalue weighted by Gasteiger charge is -2.15. The highest BCUT2D eigenvalue weighted by Crippen LogP contribution is 2.31. The van der Waals surface area contributed by atoms with Gasteiger partial charge in [-0.05, 0) is 42.2 Å². The zero-order chi connectivity index (χ0) is 21.5. The number of anilines is 1. The molecule has 1 aliphatic rings. The van der Waals surface area contributed by atoms with Crippen LogP contribution in [0, 0.1) is 0 Å². The minimum absolute atomic E-state index is 0.0520. The Kier molecular flexibility index (Phi) is 5.23. The molecule has 1 fully saturated rings. The maximum atomic E-state index is 13.0. The first-order valence-electron chi connectivity index (χ1n) is 9.61. The second-order valence-electron chi connectivity index (χ2n) is 7.72. The summed E-state index contributed by atoms with van der Waals surface area (Å²) in [6, 6.07) is 11.2. The fourth-order valence-electron chi connectivity index (χ4n) is 3.49. The van der Waals surface area contributed by atoms with Crippen LogP contribution < -0.4 is 4.72 Å². The molecule has 0 amide bonds. The zero-order valence-corrected chi connectivity index (χ0v) is 18.3. The summed E-state index contributed by atoms with van der Waals surface area (Å²) in [5, 5.41) is 4.45. The van der Waals surface area contributed by atoms with Gasteiger partial charge in [0, 0.05) is 6.07 Å². The Morgan fingerprint density at radius 3 is 2.50 bits per heavy atom. The first kappa shape index (κ1) is 20.7. The fraction of sp³-hybridized carbons (Fsp3) is 0.350. The maximum Gasteiger partial charge on any atom is 0.263 e. The lowest BCUT2D eigenvalue weighted by atomic mass is 10.0. The van der Waals surface area contributed by atoms with Crippen LogP contribution in [0.25, 0.3) is 11.5 Å². The number of sulfone groups is 1. The van der Waals surface area contributed by atoms with E-state index in [9.17, 15) is 16.8 Å². The average molecular weight is 450 g/mol. The number of benzene rings is 1. The van der Waals surface area contributed by atoms with Gasteiger partial charge in [0.05, 0.1) is 28.7 Å². The van der Waals surface area contributed by atoms with Crippen molar-refractivity contribution in [3.8, 4) is 11.5 Å². The van der Waals surface area contributed by atoms with Crippen LogP contribution in [0.4, 0.5) is 5.82 Å². The van der Waals surface area contributed by atoms with Crippen LogP contribution in [-0.2, 0) is 19.9 Å². The van der Waals surface area contributed by atoms with Crippen molar-refractivity contribution in [2.45, 2.75) is 37.1 Å². The van der Waals surface area contributed by atoms with Gasteiger partial charge in [0.15, 0.2) is 15.6 Å². The van der Waals surface area contributed by atoms with E-state index in [2.05, 4.69) is 9.82 Å². The van der Waals surface area contributed by atoms with Crippen LogP contribution in [0.3, 0.4) is 0 Å². The predicted molar refractivity (Wildman–Crippen MR) is 114 cm³/mol. The number of hydrogen-bond acceptors (Lipinski definition) is 6. The number of sulfonamides is 1. The highest BCUT2D eigenvalue weighted by molar-refractivity contribution is 7.92. The summed E-state index contributed by atoms with van der Waals surface area (Å²) in [5.41, 5.74) is 1.47. The van der Waals surface area contributed by atoms with Crippen LogP contribution in [0.2, 0.25) is 0 Å². The van der Waals surface area contributed by atoms with Crippen LogP contribution in [0.1, 0.15) is 37.8 Å². The standard InChI is InChI=1S/C20H23N3O5S2/c1-14(2)15-5-7-17(8-6-15)30(26,27)22-20-12-18(19-4-3-10-28-19)21-23(20)16-9-11-29(24,25)13-16/h3-8,10,12,14,16,22H,9,11,13H2,1-2H3. The molecule has 3 aromatic rings. The summed E-state index contributed by atoms with van der Waals surface area (Å²) in [7, 11) is -7.06. The molecule has 0 bridgehead atoms. The number of nitrogens with one attached hydrogen (secondary N) is 1. The van der Waals surface area contributed by atoms with Crippen LogP contribution >= 0.6 is 0 Å². The molecule has 8 nitrogen and oxygen atoms in total. The molecule has 4 rings (SSSR count). The van der Waals surface area contributed by atoms with E-state index in [0.29, 0.717) is 17.9 Å². The Balaban J connectivity index is 1.70. The molecule has 0 aliphatic carbocycles. The van der Waals surface area contributed by atoms with Gasteiger partial charge in [-0.3, -0.25) is 4.72 Å². The molecule has 1 unspecified atom stereocenters. The molecule has 10 heteroatoms. The molecule has 0 saturated carbocycles. The molecule has 1 N–H and O–H groups in total. The van der Waals surface area contributed by atoms with Crippen LogP contribution in [0.5, 0.6) is 0 Å². The fourth-order valence-corrected chi connectivity index (χ4v) is 6.22. The molecule has 30 heavy (non-hydrogen) atoms. The minimum Gasteiger partial charge on any atom is -0.463 e. The van der Waals surface area contributed by atoms with E-state index in [1.807, 2.05) is 13.8 Å². The maximum absolute atomic E-state index is 13.0. The molecule has 160 valence electrons. The SMILES string of the molecule is CC(C)c1ccc(S(=O)(=O)Nc2cc(-c3ccco3)nn2C2CCS(=O)(=O)C2)cc1. The topological polar surface area (TPSA) is 111 Å². The smallest absolute Gasteiger partial charge is 0.263 e. The molecule has 2 aromatic heterocycles. The third-order valence-electron chi connectivity index (χ3n) is 5.16. The quantitative estimate of drug-likeness (QED) is 0.617. The van der Waals surface area contributed by atoms with Crippen LogP contribution in [0.15, 0.2) is 58.0 Å². The summed E-state index contributed by atoms with van der Waals surface area (Å²) in [6.07, 6.45) is 1.87. The first-order valence-corrected chi connectivity index (χ1v) is 12.9. The van der Waals surface area contributed by atoms with Crippen molar-refractivity contribution in [3.05, 3.63) is 54.3 Å². The van der Waals surface area contributed by atoms with Crippen molar-refractivity contribution < 1.29 is 21.3 Å². The number of furan rings is 1. The zero-order valence-electron chi connectivity index (χ0n) is 16.6. The van der Waals surface area contributed by atoms with Gasteiger partial charge in [-0.1, -0.05) is 26.0 Å². The highest BCUT2D eigenvalue weighted by Gasteiger charge is 2.32. The first-order chi connectivity index (χ1) is 14.1. The van der Waals surface area contributed by atoms with Crippen molar-refractivity contribution in [1.29, 1.82) is 0 Å². The lowest BCUT2D eigenvalue weighted by Crippen LogP contribution is -2.20. The van der Waals surface area contributed by atoms with E-state index < -0.39 is 25.9 Å². The summed E-state index contributed by atoms with van der Waals surface area (Å²) < 4.78 is 59.3. The highest BCUT2D eigenvalue weighted by atomic mass is 32.2. The Morgan fingerprint density at radius 1 is 1.20 bits per heavy atom. The van der Waals surface area contributed by atoms with Gasteiger partial charge >= 0.3 is 0 Å².